The number of hydrogen-bond acceptors (Lipinski definition) is 8. The molecule has 0 saturated heterocycles. The van der Waals surface area contributed by atoms with Crippen molar-refractivity contribution in [3.8, 4) is 5.95 Å². The van der Waals surface area contributed by atoms with Gasteiger partial charge in [0.25, 0.3) is 26.8 Å². The predicted molar refractivity (Wildman–Crippen MR) is 99.8 cm³/mol. The summed E-state index contributed by atoms with van der Waals surface area (Å²) in [5.74, 6) is 0.440. The zero-order valence-electron chi connectivity index (χ0n) is 15.5. The molecule has 0 saturated carbocycles. The molecule has 0 spiro atoms. The van der Waals surface area contributed by atoms with Gasteiger partial charge in [-0.15, -0.1) is 5.10 Å². The monoisotopic (exact) mass is 403 g/mol. The standard InChI is InChI=1S/C16H17N7O4S/c1-9-6-5-7-13(23(24)25)14(9)21-28(26,27)16-19-12(4)22(20-16)15-17-10(2)8-11(3)18-15/h5-8,21H,1-4H3. The molecule has 2 heterocycles. The van der Waals surface area contributed by atoms with E-state index in [0.29, 0.717) is 17.0 Å². The second-order valence-electron chi connectivity index (χ2n) is 6.14. The Balaban J connectivity index is 2.04. The van der Waals surface area contributed by atoms with Gasteiger partial charge in [-0.2, -0.15) is 13.1 Å². The summed E-state index contributed by atoms with van der Waals surface area (Å²) in [6.07, 6.45) is 0. The summed E-state index contributed by atoms with van der Waals surface area (Å²) in [5, 5.41) is 14.7. The first-order valence-electron chi connectivity index (χ1n) is 8.11. The minimum Gasteiger partial charge on any atom is -0.270 e. The third-order valence-electron chi connectivity index (χ3n) is 3.83. The van der Waals surface area contributed by atoms with E-state index in [-0.39, 0.29) is 23.1 Å². The average Bonchev–Trinajstić information content (AvgIpc) is 2.98. The molecular weight excluding hydrogens is 386 g/mol. The predicted octanol–water partition coefficient (Wildman–Crippen LogP) is 2.00. The third kappa shape index (κ3) is 3.67. The van der Waals surface area contributed by atoms with Crippen LogP contribution >= 0.6 is 0 Å². The minimum absolute atomic E-state index is 0.135. The van der Waals surface area contributed by atoms with Gasteiger partial charge in [-0.25, -0.2) is 15.0 Å². The van der Waals surface area contributed by atoms with Gasteiger partial charge in [-0.3, -0.25) is 14.8 Å². The van der Waals surface area contributed by atoms with Crippen molar-refractivity contribution in [1.82, 2.24) is 24.7 Å². The van der Waals surface area contributed by atoms with Crippen molar-refractivity contribution in [1.29, 1.82) is 0 Å². The van der Waals surface area contributed by atoms with Crippen molar-refractivity contribution in [2.45, 2.75) is 32.9 Å². The van der Waals surface area contributed by atoms with Gasteiger partial charge >= 0.3 is 0 Å². The summed E-state index contributed by atoms with van der Waals surface area (Å²) in [7, 11) is -4.27. The van der Waals surface area contributed by atoms with Crippen molar-refractivity contribution in [2.24, 2.45) is 0 Å². The summed E-state index contributed by atoms with van der Waals surface area (Å²) in [5.41, 5.74) is 1.28. The largest absolute Gasteiger partial charge is 0.299 e. The number of nitrogens with zero attached hydrogens (tertiary/aromatic N) is 6. The Morgan fingerprint density at radius 1 is 1.07 bits per heavy atom. The van der Waals surface area contributed by atoms with E-state index in [1.165, 1.54) is 16.8 Å². The number of para-hydroxylation sites is 1. The minimum atomic E-state index is -4.27. The van der Waals surface area contributed by atoms with Crippen molar-refractivity contribution in [3.63, 3.8) is 0 Å². The van der Waals surface area contributed by atoms with E-state index >= 15 is 0 Å². The zero-order chi connectivity index (χ0) is 20.6. The Bertz CT molecular complexity index is 1170. The van der Waals surface area contributed by atoms with E-state index in [0.717, 1.165) is 0 Å². The van der Waals surface area contributed by atoms with Crippen molar-refractivity contribution in [3.05, 3.63) is 57.2 Å². The van der Waals surface area contributed by atoms with Crippen LogP contribution in [-0.4, -0.2) is 38.1 Å². The molecule has 0 aliphatic heterocycles. The molecule has 0 aliphatic rings. The molecule has 1 aromatic carbocycles. The Morgan fingerprint density at radius 2 is 1.71 bits per heavy atom. The second-order valence-corrected chi connectivity index (χ2v) is 7.71. The summed E-state index contributed by atoms with van der Waals surface area (Å²) >= 11 is 0. The molecule has 0 bridgehead atoms. The smallest absolute Gasteiger partial charge is 0.270 e. The van der Waals surface area contributed by atoms with Crippen LogP contribution in [0.4, 0.5) is 11.4 Å². The molecule has 12 heteroatoms. The first-order valence-corrected chi connectivity index (χ1v) is 9.60. The molecule has 0 unspecified atom stereocenters. The quantitative estimate of drug-likeness (QED) is 0.503. The van der Waals surface area contributed by atoms with Gasteiger partial charge in [0.05, 0.1) is 4.92 Å². The van der Waals surface area contributed by atoms with E-state index in [2.05, 4.69) is 24.8 Å². The van der Waals surface area contributed by atoms with Gasteiger partial charge in [0, 0.05) is 17.5 Å². The highest BCUT2D eigenvalue weighted by Gasteiger charge is 2.27. The molecule has 2 aromatic heterocycles. The number of benzene rings is 1. The molecule has 146 valence electrons. The molecule has 0 amide bonds. The lowest BCUT2D eigenvalue weighted by Gasteiger charge is -2.08. The van der Waals surface area contributed by atoms with Crippen LogP contribution in [0.1, 0.15) is 22.8 Å². The fourth-order valence-electron chi connectivity index (χ4n) is 2.59. The second kappa shape index (κ2) is 6.96. The Kier molecular flexibility index (Phi) is 4.81. The van der Waals surface area contributed by atoms with Crippen molar-refractivity contribution < 1.29 is 13.3 Å². The van der Waals surface area contributed by atoms with Gasteiger partial charge in [-0.1, -0.05) is 12.1 Å². The first kappa shape index (κ1) is 19.4. The van der Waals surface area contributed by atoms with Crippen LogP contribution in [0.15, 0.2) is 29.4 Å². The molecule has 1 N–H and O–H groups in total. The Labute approximate surface area is 160 Å². The number of aromatic nitrogens is 5. The molecule has 3 rings (SSSR count). The number of sulfonamides is 1. The number of nitro groups is 1. The highest BCUT2D eigenvalue weighted by molar-refractivity contribution is 7.92. The highest BCUT2D eigenvalue weighted by Crippen LogP contribution is 2.29. The zero-order valence-corrected chi connectivity index (χ0v) is 16.4. The van der Waals surface area contributed by atoms with Crippen LogP contribution < -0.4 is 4.72 Å². The molecule has 0 aliphatic carbocycles. The van der Waals surface area contributed by atoms with Gasteiger partial charge in [0.1, 0.15) is 11.5 Å². The maximum atomic E-state index is 12.7. The molecule has 11 nitrogen and oxygen atoms in total. The van der Waals surface area contributed by atoms with Crippen LogP contribution in [0, 0.1) is 37.8 Å². The maximum Gasteiger partial charge on any atom is 0.299 e. The number of rotatable bonds is 5. The fourth-order valence-corrected chi connectivity index (χ4v) is 3.66. The number of nitrogens with one attached hydrogen (secondary N) is 1. The number of anilines is 1. The van der Waals surface area contributed by atoms with Gasteiger partial charge < -0.3 is 0 Å². The number of nitro benzene ring substituents is 1. The lowest BCUT2D eigenvalue weighted by Crippen LogP contribution is -2.17. The summed E-state index contributed by atoms with van der Waals surface area (Å²) < 4.78 is 28.9. The lowest BCUT2D eigenvalue weighted by atomic mass is 10.2. The van der Waals surface area contributed by atoms with E-state index in [1.807, 2.05) is 0 Å². The molecule has 3 aromatic rings. The van der Waals surface area contributed by atoms with Crippen LogP contribution in [0.3, 0.4) is 0 Å². The summed E-state index contributed by atoms with van der Waals surface area (Å²) in [6.45, 7) is 6.68. The normalized spacial score (nSPS) is 11.4. The topological polar surface area (TPSA) is 146 Å². The molecule has 28 heavy (non-hydrogen) atoms. The van der Waals surface area contributed by atoms with E-state index in [4.69, 9.17) is 0 Å². The Morgan fingerprint density at radius 3 is 2.32 bits per heavy atom. The van der Waals surface area contributed by atoms with Crippen molar-refractivity contribution >= 4 is 21.4 Å². The van der Waals surface area contributed by atoms with E-state index < -0.39 is 20.1 Å². The molecule has 0 fully saturated rings. The SMILES string of the molecule is Cc1cc(C)nc(-n2nc(S(=O)(=O)Nc3c(C)cccc3[N+](=O)[O-])nc2C)n1. The van der Waals surface area contributed by atoms with Gasteiger partial charge in [0.15, 0.2) is 0 Å². The summed E-state index contributed by atoms with van der Waals surface area (Å²) in [4.78, 5) is 23.0. The Hall–Kier alpha value is -3.41. The lowest BCUT2D eigenvalue weighted by molar-refractivity contribution is -0.383. The number of hydrogen-bond donors (Lipinski definition) is 1. The average molecular weight is 403 g/mol. The third-order valence-corrected chi connectivity index (χ3v) is 4.96. The van der Waals surface area contributed by atoms with Crippen LogP contribution in [0.25, 0.3) is 5.95 Å². The molecule has 0 radical (unpaired) electrons. The molecule has 0 atom stereocenters. The van der Waals surface area contributed by atoms with E-state index in [1.54, 1.807) is 39.8 Å². The molecular formula is C16H17N7O4S. The van der Waals surface area contributed by atoms with Gasteiger partial charge in [0.2, 0.25) is 0 Å². The van der Waals surface area contributed by atoms with Crippen LogP contribution in [0.2, 0.25) is 0 Å². The van der Waals surface area contributed by atoms with Crippen LogP contribution in [-0.2, 0) is 10.0 Å². The van der Waals surface area contributed by atoms with E-state index in [9.17, 15) is 18.5 Å². The number of aryl methyl sites for hydroxylation is 4. The maximum absolute atomic E-state index is 12.7. The van der Waals surface area contributed by atoms with Crippen molar-refractivity contribution in [2.75, 3.05) is 4.72 Å². The fraction of sp³-hybridized carbons (Fsp3) is 0.250. The first-order chi connectivity index (χ1) is 13.1. The van der Waals surface area contributed by atoms with Gasteiger partial charge in [-0.05, 0) is 39.3 Å². The highest BCUT2D eigenvalue weighted by atomic mass is 32.2. The van der Waals surface area contributed by atoms with Crippen LogP contribution in [0.5, 0.6) is 0 Å². The summed E-state index contributed by atoms with van der Waals surface area (Å²) in [6, 6.07) is 6.02.